The van der Waals surface area contributed by atoms with Gasteiger partial charge in [0.25, 0.3) is 11.6 Å². The van der Waals surface area contributed by atoms with E-state index in [2.05, 4.69) is 12.2 Å². The molecule has 0 atom stereocenters. The predicted molar refractivity (Wildman–Crippen MR) is 76.2 cm³/mol. The largest absolute Gasteiger partial charge is 0.380 e. The second-order valence-electron chi connectivity index (χ2n) is 4.14. The van der Waals surface area contributed by atoms with Crippen molar-refractivity contribution in [2.24, 2.45) is 0 Å². The molecular weight excluding hydrogens is 284 g/mol. The second kappa shape index (κ2) is 8.50. The van der Waals surface area contributed by atoms with Crippen LogP contribution in [0.1, 0.15) is 30.1 Å². The van der Waals surface area contributed by atoms with Crippen molar-refractivity contribution in [2.45, 2.75) is 19.8 Å². The fourth-order valence-electron chi connectivity index (χ4n) is 1.48. The molecule has 6 nitrogen and oxygen atoms in total. The molecule has 0 aliphatic carbocycles. The number of hydrogen-bond acceptors (Lipinski definition) is 4. The lowest BCUT2D eigenvalue weighted by Crippen LogP contribution is -2.27. The van der Waals surface area contributed by atoms with Crippen molar-refractivity contribution in [1.82, 2.24) is 5.32 Å². The van der Waals surface area contributed by atoms with Crippen LogP contribution in [0.15, 0.2) is 18.2 Å². The first-order valence-electron chi connectivity index (χ1n) is 6.36. The zero-order valence-electron chi connectivity index (χ0n) is 11.2. The first-order chi connectivity index (χ1) is 9.56. The third-order valence-corrected chi connectivity index (χ3v) is 2.90. The van der Waals surface area contributed by atoms with E-state index in [9.17, 15) is 14.9 Å². The number of unbranched alkanes of at least 4 members (excludes halogenated alkanes) is 1. The van der Waals surface area contributed by atoms with Crippen molar-refractivity contribution in [2.75, 3.05) is 19.8 Å². The Kier molecular flexibility index (Phi) is 6.97. The van der Waals surface area contributed by atoms with Gasteiger partial charge in [-0.3, -0.25) is 14.9 Å². The van der Waals surface area contributed by atoms with Gasteiger partial charge in [0.15, 0.2) is 0 Å². The molecule has 1 N–H and O–H groups in total. The standard InChI is InChI=1S/C13H17ClN2O4/c1-2-3-7-20-8-6-15-13(17)11-5-4-10(16(18)19)9-12(11)14/h4-5,9H,2-3,6-8H2,1H3,(H,15,17). The maximum atomic E-state index is 11.8. The van der Waals surface area contributed by atoms with Crippen LogP contribution >= 0.6 is 11.6 Å². The summed E-state index contributed by atoms with van der Waals surface area (Å²) in [6, 6.07) is 3.75. The molecule has 0 fully saturated rings. The van der Waals surface area contributed by atoms with Crippen LogP contribution in [0.4, 0.5) is 5.69 Å². The van der Waals surface area contributed by atoms with Crippen molar-refractivity contribution < 1.29 is 14.5 Å². The summed E-state index contributed by atoms with van der Waals surface area (Å²) in [5, 5.41) is 13.3. The summed E-state index contributed by atoms with van der Waals surface area (Å²) in [7, 11) is 0. The summed E-state index contributed by atoms with van der Waals surface area (Å²) in [6.07, 6.45) is 2.05. The van der Waals surface area contributed by atoms with Gasteiger partial charge in [0.2, 0.25) is 0 Å². The molecule has 0 radical (unpaired) electrons. The van der Waals surface area contributed by atoms with Crippen LogP contribution in [0.5, 0.6) is 0 Å². The highest BCUT2D eigenvalue weighted by Gasteiger charge is 2.14. The molecule has 7 heteroatoms. The number of nitrogens with one attached hydrogen (secondary N) is 1. The quantitative estimate of drug-likeness (QED) is 0.455. The minimum atomic E-state index is -0.560. The van der Waals surface area contributed by atoms with Gasteiger partial charge < -0.3 is 10.1 Å². The number of nitro groups is 1. The maximum absolute atomic E-state index is 11.8. The van der Waals surface area contributed by atoms with E-state index in [0.29, 0.717) is 19.8 Å². The Bertz CT molecular complexity index is 479. The summed E-state index contributed by atoms with van der Waals surface area (Å²) < 4.78 is 5.30. The minimum Gasteiger partial charge on any atom is -0.380 e. The highest BCUT2D eigenvalue weighted by atomic mass is 35.5. The second-order valence-corrected chi connectivity index (χ2v) is 4.55. The van der Waals surface area contributed by atoms with Crippen molar-refractivity contribution in [3.8, 4) is 0 Å². The first kappa shape index (κ1) is 16.4. The Morgan fingerprint density at radius 2 is 2.20 bits per heavy atom. The highest BCUT2D eigenvalue weighted by molar-refractivity contribution is 6.34. The number of ether oxygens (including phenoxy) is 1. The van der Waals surface area contributed by atoms with Crippen LogP contribution in [-0.4, -0.2) is 30.6 Å². The van der Waals surface area contributed by atoms with E-state index < -0.39 is 4.92 Å². The molecule has 0 aliphatic heterocycles. The summed E-state index contributed by atoms with van der Waals surface area (Å²) in [6.45, 7) is 3.54. The third-order valence-electron chi connectivity index (χ3n) is 2.58. The van der Waals surface area contributed by atoms with Crippen molar-refractivity contribution >= 4 is 23.2 Å². The van der Waals surface area contributed by atoms with Crippen LogP contribution in [0, 0.1) is 10.1 Å². The van der Waals surface area contributed by atoms with Crippen molar-refractivity contribution in [1.29, 1.82) is 0 Å². The number of benzene rings is 1. The molecule has 0 bridgehead atoms. The highest BCUT2D eigenvalue weighted by Crippen LogP contribution is 2.22. The van der Waals surface area contributed by atoms with Gasteiger partial charge in [-0.25, -0.2) is 0 Å². The SMILES string of the molecule is CCCCOCCNC(=O)c1ccc([N+](=O)[O-])cc1Cl. The number of nitro benzene ring substituents is 1. The maximum Gasteiger partial charge on any atom is 0.270 e. The lowest BCUT2D eigenvalue weighted by atomic mass is 10.2. The normalized spacial score (nSPS) is 10.3. The van der Waals surface area contributed by atoms with E-state index in [0.717, 1.165) is 18.9 Å². The predicted octanol–water partition coefficient (Wildman–Crippen LogP) is 2.79. The summed E-state index contributed by atoms with van der Waals surface area (Å²) >= 11 is 5.85. The van der Waals surface area contributed by atoms with E-state index in [1.807, 2.05) is 0 Å². The number of halogens is 1. The summed E-state index contributed by atoms with van der Waals surface area (Å²) in [5.41, 5.74) is 0.0697. The number of nitrogens with zero attached hydrogens (tertiary/aromatic N) is 1. The fraction of sp³-hybridized carbons (Fsp3) is 0.462. The van der Waals surface area contributed by atoms with Crippen LogP contribution < -0.4 is 5.32 Å². The van der Waals surface area contributed by atoms with Gasteiger partial charge in [-0.2, -0.15) is 0 Å². The molecule has 20 heavy (non-hydrogen) atoms. The molecule has 0 spiro atoms. The van der Waals surface area contributed by atoms with Gasteiger partial charge >= 0.3 is 0 Å². The van der Waals surface area contributed by atoms with E-state index in [-0.39, 0.29) is 22.2 Å². The molecule has 0 aromatic heterocycles. The van der Waals surface area contributed by atoms with E-state index >= 15 is 0 Å². The van der Waals surface area contributed by atoms with E-state index in [1.54, 1.807) is 0 Å². The van der Waals surface area contributed by atoms with Crippen molar-refractivity contribution in [3.63, 3.8) is 0 Å². The average Bonchev–Trinajstić information content (AvgIpc) is 2.42. The molecule has 1 amide bonds. The monoisotopic (exact) mass is 300 g/mol. The molecule has 1 rings (SSSR count). The molecule has 1 aromatic carbocycles. The van der Waals surface area contributed by atoms with Crippen molar-refractivity contribution in [3.05, 3.63) is 38.9 Å². The number of carbonyl (C=O) groups excluding carboxylic acids is 1. The lowest BCUT2D eigenvalue weighted by molar-refractivity contribution is -0.384. The van der Waals surface area contributed by atoms with Crippen LogP contribution in [-0.2, 0) is 4.74 Å². The van der Waals surface area contributed by atoms with Crippen LogP contribution in [0.3, 0.4) is 0 Å². The van der Waals surface area contributed by atoms with Gasteiger partial charge in [-0.15, -0.1) is 0 Å². The molecule has 0 saturated heterocycles. The molecule has 0 saturated carbocycles. The number of non-ortho nitro benzene ring substituents is 1. The smallest absolute Gasteiger partial charge is 0.270 e. The van der Waals surface area contributed by atoms with E-state index in [4.69, 9.17) is 16.3 Å². The van der Waals surface area contributed by atoms with Gasteiger partial charge in [0, 0.05) is 25.3 Å². The number of carbonyl (C=O) groups is 1. The Morgan fingerprint density at radius 1 is 1.45 bits per heavy atom. The summed E-state index contributed by atoms with van der Waals surface area (Å²) in [5.74, 6) is -0.371. The Labute approximate surface area is 122 Å². The fourth-order valence-corrected chi connectivity index (χ4v) is 1.74. The first-order valence-corrected chi connectivity index (χ1v) is 6.74. The molecule has 0 heterocycles. The van der Waals surface area contributed by atoms with Crippen LogP contribution in [0.25, 0.3) is 0 Å². The lowest BCUT2D eigenvalue weighted by Gasteiger charge is -2.07. The molecular formula is C13H17ClN2O4. The average molecular weight is 301 g/mol. The van der Waals surface area contributed by atoms with Gasteiger partial charge in [-0.1, -0.05) is 24.9 Å². The topological polar surface area (TPSA) is 81.5 Å². The molecule has 1 aromatic rings. The Morgan fingerprint density at radius 3 is 2.80 bits per heavy atom. The number of rotatable bonds is 8. The minimum absolute atomic E-state index is 0.0589. The zero-order chi connectivity index (χ0) is 15.0. The number of hydrogen-bond donors (Lipinski definition) is 1. The van der Waals surface area contributed by atoms with Crippen LogP contribution in [0.2, 0.25) is 5.02 Å². The molecule has 0 unspecified atom stereocenters. The van der Waals surface area contributed by atoms with E-state index in [1.165, 1.54) is 12.1 Å². The third kappa shape index (κ3) is 5.14. The van der Waals surface area contributed by atoms with Gasteiger partial charge in [0.1, 0.15) is 0 Å². The molecule has 110 valence electrons. The Hall–Kier alpha value is -1.66. The number of amides is 1. The zero-order valence-corrected chi connectivity index (χ0v) is 12.0. The summed E-state index contributed by atoms with van der Waals surface area (Å²) in [4.78, 5) is 21.8. The van der Waals surface area contributed by atoms with Gasteiger partial charge in [0.05, 0.1) is 22.1 Å². The Balaban J connectivity index is 2.45. The molecule has 0 aliphatic rings. The van der Waals surface area contributed by atoms with Gasteiger partial charge in [-0.05, 0) is 12.5 Å².